The number of hydrogen-bond donors (Lipinski definition) is 0. The highest BCUT2D eigenvalue weighted by molar-refractivity contribution is 7.99. The summed E-state index contributed by atoms with van der Waals surface area (Å²) < 4.78 is 11.5. The van der Waals surface area contributed by atoms with Crippen LogP contribution in [0.4, 0.5) is 0 Å². The predicted octanol–water partition coefficient (Wildman–Crippen LogP) is 2.36. The summed E-state index contributed by atoms with van der Waals surface area (Å²) in [4.78, 5) is 2.52. The van der Waals surface area contributed by atoms with Gasteiger partial charge in [0.25, 0.3) is 0 Å². The van der Waals surface area contributed by atoms with Crippen LogP contribution in [0.15, 0.2) is 0 Å². The van der Waals surface area contributed by atoms with Crippen molar-refractivity contribution in [1.29, 1.82) is 0 Å². The molecule has 1 spiro atoms. The first-order valence-electron chi connectivity index (χ1n) is 6.82. The molecule has 2 fully saturated rings. The molecular formula is C13H25NO2S. The standard InChI is InChI=1S/C13H25NO2S/c1-3-17-11-8-14(2)12-4-6-13(7-5-12)15-9-10-16-13/h12H,3-11H2,1-2H3. The molecule has 17 heavy (non-hydrogen) atoms. The van der Waals surface area contributed by atoms with E-state index in [0.717, 1.165) is 32.1 Å². The summed E-state index contributed by atoms with van der Waals surface area (Å²) in [6.45, 7) is 5.00. The summed E-state index contributed by atoms with van der Waals surface area (Å²) >= 11 is 2.03. The Labute approximate surface area is 109 Å². The molecule has 2 rings (SSSR count). The van der Waals surface area contributed by atoms with Gasteiger partial charge in [0, 0.05) is 31.2 Å². The highest BCUT2D eigenvalue weighted by Gasteiger charge is 2.40. The molecule has 100 valence electrons. The Morgan fingerprint density at radius 2 is 1.88 bits per heavy atom. The Kier molecular flexibility index (Phi) is 5.15. The predicted molar refractivity (Wildman–Crippen MR) is 72.5 cm³/mol. The van der Waals surface area contributed by atoms with Gasteiger partial charge in [0.15, 0.2) is 5.79 Å². The molecule has 0 unspecified atom stereocenters. The zero-order chi connectivity index (χ0) is 12.1. The molecule has 0 aromatic heterocycles. The van der Waals surface area contributed by atoms with Crippen molar-refractivity contribution >= 4 is 11.8 Å². The van der Waals surface area contributed by atoms with E-state index in [-0.39, 0.29) is 5.79 Å². The maximum absolute atomic E-state index is 5.76. The monoisotopic (exact) mass is 259 g/mol. The van der Waals surface area contributed by atoms with Crippen LogP contribution < -0.4 is 0 Å². The second-order valence-electron chi connectivity index (χ2n) is 5.02. The van der Waals surface area contributed by atoms with Gasteiger partial charge in [0.1, 0.15) is 0 Å². The summed E-state index contributed by atoms with van der Waals surface area (Å²) in [5, 5.41) is 0. The van der Waals surface area contributed by atoms with E-state index in [1.54, 1.807) is 0 Å². The van der Waals surface area contributed by atoms with Crippen molar-refractivity contribution < 1.29 is 9.47 Å². The largest absolute Gasteiger partial charge is 0.348 e. The molecule has 3 nitrogen and oxygen atoms in total. The minimum absolute atomic E-state index is 0.199. The van der Waals surface area contributed by atoms with E-state index in [2.05, 4.69) is 18.9 Å². The fourth-order valence-corrected chi connectivity index (χ4v) is 3.51. The first-order chi connectivity index (χ1) is 8.26. The molecule has 4 heteroatoms. The highest BCUT2D eigenvalue weighted by Crippen LogP contribution is 2.36. The van der Waals surface area contributed by atoms with Crippen LogP contribution in [0.1, 0.15) is 32.6 Å². The third kappa shape index (κ3) is 3.60. The second kappa shape index (κ2) is 6.41. The van der Waals surface area contributed by atoms with E-state index in [0.29, 0.717) is 0 Å². The molecule has 0 bridgehead atoms. The molecule has 1 saturated heterocycles. The van der Waals surface area contributed by atoms with Gasteiger partial charge in [-0.05, 0) is 25.6 Å². The van der Waals surface area contributed by atoms with Crippen LogP contribution in [0, 0.1) is 0 Å². The van der Waals surface area contributed by atoms with E-state index in [1.807, 2.05) is 11.8 Å². The molecule has 1 heterocycles. The molecule has 0 radical (unpaired) electrons. The van der Waals surface area contributed by atoms with E-state index in [9.17, 15) is 0 Å². The van der Waals surface area contributed by atoms with Crippen LogP contribution >= 0.6 is 11.8 Å². The van der Waals surface area contributed by atoms with E-state index in [4.69, 9.17) is 9.47 Å². The average molecular weight is 259 g/mol. The summed E-state index contributed by atoms with van der Waals surface area (Å²) in [5.74, 6) is 2.28. The lowest BCUT2D eigenvalue weighted by Crippen LogP contribution is -2.43. The quantitative estimate of drug-likeness (QED) is 0.707. The molecule has 0 N–H and O–H groups in total. The van der Waals surface area contributed by atoms with Crippen molar-refractivity contribution in [2.75, 3.05) is 38.3 Å². The van der Waals surface area contributed by atoms with Crippen LogP contribution in [-0.2, 0) is 9.47 Å². The van der Waals surface area contributed by atoms with Gasteiger partial charge in [-0.25, -0.2) is 0 Å². The minimum atomic E-state index is -0.199. The van der Waals surface area contributed by atoms with Gasteiger partial charge in [-0.1, -0.05) is 6.92 Å². The summed E-state index contributed by atoms with van der Waals surface area (Å²) in [6, 6.07) is 0.728. The molecule has 1 aliphatic heterocycles. The normalized spacial score (nSPS) is 24.9. The Hall–Kier alpha value is 0.230. The van der Waals surface area contributed by atoms with Gasteiger partial charge in [0.05, 0.1) is 13.2 Å². The van der Waals surface area contributed by atoms with Crippen LogP contribution in [0.25, 0.3) is 0 Å². The first-order valence-corrected chi connectivity index (χ1v) is 7.97. The Morgan fingerprint density at radius 1 is 1.24 bits per heavy atom. The number of thioether (sulfide) groups is 1. The van der Waals surface area contributed by atoms with E-state index < -0.39 is 0 Å². The number of ether oxygens (including phenoxy) is 2. The number of rotatable bonds is 5. The average Bonchev–Trinajstić information content (AvgIpc) is 2.79. The van der Waals surface area contributed by atoms with E-state index in [1.165, 1.54) is 30.9 Å². The SMILES string of the molecule is CCSCCN(C)C1CCC2(CC1)OCCO2. The summed E-state index contributed by atoms with van der Waals surface area (Å²) in [7, 11) is 2.26. The zero-order valence-electron chi connectivity index (χ0n) is 11.1. The lowest BCUT2D eigenvalue weighted by atomic mass is 9.89. The molecular weight excluding hydrogens is 234 g/mol. The van der Waals surface area contributed by atoms with Crippen LogP contribution in [0.2, 0.25) is 0 Å². The fourth-order valence-electron chi connectivity index (χ4n) is 2.80. The second-order valence-corrected chi connectivity index (χ2v) is 6.41. The lowest BCUT2D eigenvalue weighted by molar-refractivity contribution is -0.183. The van der Waals surface area contributed by atoms with Crippen molar-refractivity contribution in [3.05, 3.63) is 0 Å². The highest BCUT2D eigenvalue weighted by atomic mass is 32.2. The molecule has 0 aromatic carbocycles. The molecule has 0 atom stereocenters. The van der Waals surface area contributed by atoms with Crippen molar-refractivity contribution in [3.8, 4) is 0 Å². The first kappa shape index (κ1) is 13.7. The number of hydrogen-bond acceptors (Lipinski definition) is 4. The molecule has 0 aromatic rings. The molecule has 1 saturated carbocycles. The van der Waals surface area contributed by atoms with Crippen molar-refractivity contribution in [2.24, 2.45) is 0 Å². The van der Waals surface area contributed by atoms with Gasteiger partial charge >= 0.3 is 0 Å². The topological polar surface area (TPSA) is 21.7 Å². The van der Waals surface area contributed by atoms with Crippen molar-refractivity contribution in [3.63, 3.8) is 0 Å². The van der Waals surface area contributed by atoms with Gasteiger partial charge in [-0.15, -0.1) is 0 Å². The van der Waals surface area contributed by atoms with Crippen LogP contribution in [0.3, 0.4) is 0 Å². The smallest absolute Gasteiger partial charge is 0.168 e. The van der Waals surface area contributed by atoms with Gasteiger partial charge in [-0.3, -0.25) is 0 Å². The Morgan fingerprint density at radius 3 is 2.47 bits per heavy atom. The van der Waals surface area contributed by atoms with Crippen molar-refractivity contribution in [2.45, 2.75) is 44.4 Å². The maximum Gasteiger partial charge on any atom is 0.168 e. The van der Waals surface area contributed by atoms with Crippen LogP contribution in [-0.4, -0.2) is 55.0 Å². The zero-order valence-corrected chi connectivity index (χ0v) is 11.9. The third-order valence-corrected chi connectivity index (χ3v) is 4.83. The molecule has 1 aliphatic carbocycles. The molecule has 0 amide bonds. The fraction of sp³-hybridized carbons (Fsp3) is 1.00. The summed E-state index contributed by atoms with van der Waals surface area (Å²) in [6.07, 6.45) is 4.58. The minimum Gasteiger partial charge on any atom is -0.348 e. The van der Waals surface area contributed by atoms with E-state index >= 15 is 0 Å². The van der Waals surface area contributed by atoms with Crippen molar-refractivity contribution in [1.82, 2.24) is 4.90 Å². The maximum atomic E-state index is 5.76. The third-order valence-electron chi connectivity index (χ3n) is 3.95. The molecule has 2 aliphatic rings. The van der Waals surface area contributed by atoms with Gasteiger partial charge in [-0.2, -0.15) is 11.8 Å². The number of nitrogens with zero attached hydrogens (tertiary/aromatic N) is 1. The van der Waals surface area contributed by atoms with Gasteiger partial charge in [0.2, 0.25) is 0 Å². The summed E-state index contributed by atoms with van der Waals surface area (Å²) in [5.41, 5.74) is 0. The lowest BCUT2D eigenvalue weighted by Gasteiger charge is -2.39. The van der Waals surface area contributed by atoms with Gasteiger partial charge < -0.3 is 14.4 Å². The Balaban J connectivity index is 1.70. The Bertz CT molecular complexity index is 221. The van der Waals surface area contributed by atoms with Crippen LogP contribution in [0.5, 0.6) is 0 Å².